The summed E-state index contributed by atoms with van der Waals surface area (Å²) in [7, 11) is 4.01. The molecule has 0 spiro atoms. The van der Waals surface area contributed by atoms with Crippen molar-refractivity contribution in [3.63, 3.8) is 0 Å². The lowest BCUT2D eigenvalue weighted by Crippen LogP contribution is -2.47. The molecule has 126 valence electrons. The van der Waals surface area contributed by atoms with Crippen LogP contribution in [0.5, 0.6) is 5.75 Å². The van der Waals surface area contributed by atoms with Crippen LogP contribution in [-0.4, -0.2) is 32.8 Å². The maximum absolute atomic E-state index is 12.1. The maximum Gasteiger partial charge on any atom is 0.315 e. The van der Waals surface area contributed by atoms with Crippen molar-refractivity contribution in [3.05, 3.63) is 59.7 Å². The normalized spacial score (nSPS) is 15.8. The van der Waals surface area contributed by atoms with E-state index in [1.54, 1.807) is 0 Å². The summed E-state index contributed by atoms with van der Waals surface area (Å²) in [5.41, 5.74) is 3.34. The molecule has 0 bridgehead atoms. The fourth-order valence-electron chi connectivity index (χ4n) is 2.75. The van der Waals surface area contributed by atoms with Gasteiger partial charge in [0, 0.05) is 26.3 Å². The Hall–Kier alpha value is -2.69. The maximum atomic E-state index is 12.1. The monoisotopic (exact) mass is 325 g/mol. The molecule has 0 unspecified atom stereocenters. The zero-order valence-electron chi connectivity index (χ0n) is 14.1. The molecular weight excluding hydrogens is 302 g/mol. The van der Waals surface area contributed by atoms with Crippen LogP contribution < -0.4 is 20.3 Å². The lowest BCUT2D eigenvalue weighted by Gasteiger charge is -2.26. The summed E-state index contributed by atoms with van der Waals surface area (Å²) in [5, 5.41) is 5.88. The number of carbonyl (C=O) groups excluding carboxylic acids is 1. The second-order valence-corrected chi connectivity index (χ2v) is 6.21. The predicted molar refractivity (Wildman–Crippen MR) is 95.6 cm³/mol. The summed E-state index contributed by atoms with van der Waals surface area (Å²) in [5.74, 6) is 0.914. The van der Waals surface area contributed by atoms with Crippen molar-refractivity contribution in [2.45, 2.75) is 19.0 Å². The van der Waals surface area contributed by atoms with Crippen LogP contribution >= 0.6 is 0 Å². The minimum Gasteiger partial charge on any atom is -0.491 e. The molecule has 3 rings (SSSR count). The molecule has 0 saturated heterocycles. The quantitative estimate of drug-likeness (QED) is 0.908. The molecule has 2 aromatic carbocycles. The van der Waals surface area contributed by atoms with Crippen molar-refractivity contribution in [1.82, 2.24) is 10.6 Å². The lowest BCUT2D eigenvalue weighted by molar-refractivity contribution is 0.214. The average molecular weight is 325 g/mol. The van der Waals surface area contributed by atoms with E-state index < -0.39 is 0 Å². The minimum atomic E-state index is -0.167. The Morgan fingerprint density at radius 3 is 2.67 bits per heavy atom. The van der Waals surface area contributed by atoms with Crippen molar-refractivity contribution < 1.29 is 9.53 Å². The van der Waals surface area contributed by atoms with Crippen LogP contribution in [-0.2, 0) is 13.0 Å². The fraction of sp³-hybridized carbons (Fsp3) is 0.316. The molecule has 0 aromatic heterocycles. The van der Waals surface area contributed by atoms with Crippen molar-refractivity contribution in [3.8, 4) is 5.75 Å². The summed E-state index contributed by atoms with van der Waals surface area (Å²) in [4.78, 5) is 14.1. The number of anilines is 1. The van der Waals surface area contributed by atoms with Crippen LogP contribution in [0.2, 0.25) is 0 Å². The van der Waals surface area contributed by atoms with Crippen LogP contribution in [0.15, 0.2) is 48.5 Å². The van der Waals surface area contributed by atoms with E-state index in [9.17, 15) is 4.79 Å². The summed E-state index contributed by atoms with van der Waals surface area (Å²) < 4.78 is 5.69. The first-order valence-corrected chi connectivity index (χ1v) is 8.13. The lowest BCUT2D eigenvalue weighted by atomic mass is 10.0. The van der Waals surface area contributed by atoms with Gasteiger partial charge in [0.15, 0.2) is 0 Å². The van der Waals surface area contributed by atoms with E-state index in [2.05, 4.69) is 10.6 Å². The van der Waals surface area contributed by atoms with Crippen LogP contribution in [0.3, 0.4) is 0 Å². The highest BCUT2D eigenvalue weighted by Crippen LogP contribution is 2.23. The van der Waals surface area contributed by atoms with E-state index >= 15 is 0 Å². The van der Waals surface area contributed by atoms with E-state index in [0.29, 0.717) is 13.2 Å². The van der Waals surface area contributed by atoms with Crippen molar-refractivity contribution in [2.75, 3.05) is 25.6 Å². The standard InChI is InChI=1S/C19H23N3O2/c1-22(2)17-9-7-14(8-10-17)12-20-19(23)21-16-11-15-5-3-4-6-18(15)24-13-16/h3-10,16H,11-13H2,1-2H3,(H2,20,21,23)/t16-/m1/s1. The molecule has 2 aromatic rings. The molecule has 0 aliphatic carbocycles. The SMILES string of the molecule is CN(C)c1ccc(CNC(=O)N[C@H]2COc3ccccc3C2)cc1. The number of nitrogens with zero attached hydrogens (tertiary/aromatic N) is 1. The molecule has 2 N–H and O–H groups in total. The zero-order valence-corrected chi connectivity index (χ0v) is 14.1. The number of rotatable bonds is 4. The molecule has 1 aliphatic rings. The topological polar surface area (TPSA) is 53.6 Å². The molecule has 1 atom stereocenters. The van der Waals surface area contributed by atoms with Gasteiger partial charge in [-0.3, -0.25) is 0 Å². The van der Waals surface area contributed by atoms with Gasteiger partial charge in [0.1, 0.15) is 12.4 Å². The van der Waals surface area contributed by atoms with Crippen LogP contribution in [0.4, 0.5) is 10.5 Å². The van der Waals surface area contributed by atoms with E-state index in [4.69, 9.17) is 4.74 Å². The average Bonchev–Trinajstić information content (AvgIpc) is 2.60. The zero-order chi connectivity index (χ0) is 16.9. The Labute approximate surface area is 142 Å². The number of para-hydroxylation sites is 1. The highest BCUT2D eigenvalue weighted by Gasteiger charge is 2.20. The van der Waals surface area contributed by atoms with Crippen molar-refractivity contribution in [2.24, 2.45) is 0 Å². The van der Waals surface area contributed by atoms with Crippen molar-refractivity contribution >= 4 is 11.7 Å². The Kier molecular flexibility index (Phi) is 4.89. The molecule has 1 aliphatic heterocycles. The first kappa shape index (κ1) is 16.2. The van der Waals surface area contributed by atoms with Crippen LogP contribution in [0, 0.1) is 0 Å². The first-order chi connectivity index (χ1) is 11.6. The van der Waals surface area contributed by atoms with Gasteiger partial charge in [0.05, 0.1) is 6.04 Å². The van der Waals surface area contributed by atoms with Crippen molar-refractivity contribution in [1.29, 1.82) is 0 Å². The van der Waals surface area contributed by atoms with Gasteiger partial charge in [-0.2, -0.15) is 0 Å². The Morgan fingerprint density at radius 1 is 1.17 bits per heavy atom. The van der Waals surface area contributed by atoms with E-state index in [1.165, 1.54) is 0 Å². The molecule has 24 heavy (non-hydrogen) atoms. The third-order valence-electron chi connectivity index (χ3n) is 4.12. The highest BCUT2D eigenvalue weighted by atomic mass is 16.5. The number of hydrogen-bond acceptors (Lipinski definition) is 3. The summed E-state index contributed by atoms with van der Waals surface area (Å²) in [6, 6.07) is 15.9. The molecule has 0 saturated carbocycles. The largest absolute Gasteiger partial charge is 0.491 e. The molecule has 0 radical (unpaired) electrons. The summed E-state index contributed by atoms with van der Waals surface area (Å²) in [6.07, 6.45) is 0.793. The molecule has 0 fully saturated rings. The first-order valence-electron chi connectivity index (χ1n) is 8.13. The molecule has 1 heterocycles. The van der Waals surface area contributed by atoms with Gasteiger partial charge < -0.3 is 20.3 Å². The van der Waals surface area contributed by atoms with Crippen LogP contribution in [0.1, 0.15) is 11.1 Å². The second kappa shape index (κ2) is 7.25. The number of amides is 2. The Balaban J connectivity index is 1.48. The third-order valence-corrected chi connectivity index (χ3v) is 4.12. The summed E-state index contributed by atoms with van der Waals surface area (Å²) in [6.45, 7) is 1.01. The second-order valence-electron chi connectivity index (χ2n) is 6.21. The number of ether oxygens (including phenoxy) is 1. The van der Waals surface area contributed by atoms with Gasteiger partial charge in [0.25, 0.3) is 0 Å². The number of fused-ring (bicyclic) bond motifs is 1. The highest BCUT2D eigenvalue weighted by molar-refractivity contribution is 5.74. The van der Waals surface area contributed by atoms with Gasteiger partial charge in [0.2, 0.25) is 0 Å². The van der Waals surface area contributed by atoms with Gasteiger partial charge in [-0.25, -0.2) is 4.79 Å². The number of hydrogen-bond donors (Lipinski definition) is 2. The van der Waals surface area contributed by atoms with E-state index in [0.717, 1.165) is 29.0 Å². The Bertz CT molecular complexity index is 698. The predicted octanol–water partition coefficient (Wildman–Crippen LogP) is 2.56. The van der Waals surface area contributed by atoms with Gasteiger partial charge >= 0.3 is 6.03 Å². The number of nitrogens with one attached hydrogen (secondary N) is 2. The van der Waals surface area contributed by atoms with Gasteiger partial charge in [-0.05, 0) is 35.7 Å². The van der Waals surface area contributed by atoms with Crippen LogP contribution in [0.25, 0.3) is 0 Å². The van der Waals surface area contributed by atoms with Gasteiger partial charge in [-0.15, -0.1) is 0 Å². The minimum absolute atomic E-state index is 0.00369. The number of carbonyl (C=O) groups is 1. The molecule has 5 nitrogen and oxygen atoms in total. The smallest absolute Gasteiger partial charge is 0.315 e. The third kappa shape index (κ3) is 3.98. The molecular formula is C19H23N3O2. The Morgan fingerprint density at radius 2 is 1.92 bits per heavy atom. The molecule has 5 heteroatoms. The fourth-order valence-corrected chi connectivity index (χ4v) is 2.75. The summed E-state index contributed by atoms with van der Waals surface area (Å²) >= 11 is 0. The number of benzene rings is 2. The van der Waals surface area contributed by atoms with E-state index in [-0.39, 0.29) is 12.1 Å². The number of urea groups is 1. The molecule has 2 amide bonds. The van der Waals surface area contributed by atoms with Gasteiger partial charge in [-0.1, -0.05) is 30.3 Å². The van der Waals surface area contributed by atoms with E-state index in [1.807, 2.05) is 67.5 Å².